The lowest BCUT2D eigenvalue weighted by Gasteiger charge is -2.22. The number of ether oxygens (including phenoxy) is 2. The van der Waals surface area contributed by atoms with Gasteiger partial charge in [-0.3, -0.25) is 4.79 Å². The Morgan fingerprint density at radius 1 is 1.26 bits per heavy atom. The summed E-state index contributed by atoms with van der Waals surface area (Å²) in [4.78, 5) is 28.3. The van der Waals surface area contributed by atoms with Crippen LogP contribution in [0.2, 0.25) is 5.02 Å². The number of carbonyl (C=O) groups excluding carboxylic acids is 2. The zero-order chi connectivity index (χ0) is 19.6. The highest BCUT2D eigenvalue weighted by Crippen LogP contribution is 2.37. The fraction of sp³-hybridized carbons (Fsp3) is 0.429. The van der Waals surface area contributed by atoms with Crippen molar-refractivity contribution < 1.29 is 19.1 Å². The summed E-state index contributed by atoms with van der Waals surface area (Å²) < 4.78 is 10.7. The van der Waals surface area contributed by atoms with Gasteiger partial charge in [-0.15, -0.1) is 0 Å². The van der Waals surface area contributed by atoms with Crippen LogP contribution in [0, 0.1) is 6.92 Å². The first-order valence-corrected chi connectivity index (χ1v) is 9.54. The van der Waals surface area contributed by atoms with E-state index in [1.54, 1.807) is 6.92 Å². The summed E-state index contributed by atoms with van der Waals surface area (Å²) in [5, 5.41) is 0.659. The van der Waals surface area contributed by atoms with E-state index in [2.05, 4.69) is 4.98 Å². The fourth-order valence-corrected chi connectivity index (χ4v) is 3.84. The van der Waals surface area contributed by atoms with Gasteiger partial charge in [-0.05, 0) is 50.3 Å². The largest absolute Gasteiger partial charge is 0.459 e. The number of aromatic nitrogens is 1. The number of aromatic amines is 1. The summed E-state index contributed by atoms with van der Waals surface area (Å²) in [5.74, 6) is -0.437. The van der Waals surface area contributed by atoms with E-state index in [0.717, 1.165) is 11.3 Å². The lowest BCUT2D eigenvalue weighted by Crippen LogP contribution is -2.18. The molecule has 0 aliphatic heterocycles. The average Bonchev–Trinajstić information content (AvgIpc) is 2.96. The first kappa shape index (κ1) is 19.6. The zero-order valence-electron chi connectivity index (χ0n) is 15.8. The van der Waals surface area contributed by atoms with Gasteiger partial charge in [0, 0.05) is 22.7 Å². The fourth-order valence-electron chi connectivity index (χ4n) is 3.55. The summed E-state index contributed by atoms with van der Waals surface area (Å²) in [6, 6.07) is 7.57. The molecular formula is C21H24ClNO4. The molecule has 6 heteroatoms. The first-order valence-electron chi connectivity index (χ1n) is 9.16. The predicted molar refractivity (Wildman–Crippen MR) is 104 cm³/mol. The van der Waals surface area contributed by atoms with Gasteiger partial charge < -0.3 is 14.5 Å². The molecule has 27 heavy (non-hydrogen) atoms. The van der Waals surface area contributed by atoms with Crippen LogP contribution >= 0.6 is 11.6 Å². The second kappa shape index (κ2) is 8.28. The highest BCUT2D eigenvalue weighted by atomic mass is 35.5. The van der Waals surface area contributed by atoms with Crippen LogP contribution in [0.3, 0.4) is 0 Å². The number of Topliss-reactive ketones (excluding diaryl/α,β-unsaturated/α-hetero) is 1. The summed E-state index contributed by atoms with van der Waals surface area (Å²) >= 11 is 6.30. The molecule has 144 valence electrons. The van der Waals surface area contributed by atoms with Gasteiger partial charge in [-0.2, -0.15) is 0 Å². The third kappa shape index (κ3) is 4.25. The maximum absolute atomic E-state index is 12.7. The third-order valence-electron chi connectivity index (χ3n) is 4.81. The summed E-state index contributed by atoms with van der Waals surface area (Å²) in [6.07, 6.45) is 1.10. The van der Waals surface area contributed by atoms with Gasteiger partial charge in [0.25, 0.3) is 0 Å². The Balaban J connectivity index is 1.77. The van der Waals surface area contributed by atoms with E-state index in [-0.39, 0.29) is 24.4 Å². The van der Waals surface area contributed by atoms with Gasteiger partial charge in [0.1, 0.15) is 12.3 Å². The molecule has 1 heterocycles. The van der Waals surface area contributed by atoms with Crippen molar-refractivity contribution in [3.8, 4) is 0 Å². The van der Waals surface area contributed by atoms with Crippen molar-refractivity contribution >= 4 is 23.4 Å². The molecular weight excluding hydrogens is 366 g/mol. The van der Waals surface area contributed by atoms with E-state index >= 15 is 0 Å². The van der Waals surface area contributed by atoms with Crippen LogP contribution in [0.15, 0.2) is 24.3 Å². The number of esters is 1. The van der Waals surface area contributed by atoms with Crippen LogP contribution in [-0.4, -0.2) is 36.1 Å². The minimum Gasteiger partial charge on any atom is -0.459 e. The molecule has 0 bridgehead atoms. The Hall–Kier alpha value is -2.11. The average molecular weight is 390 g/mol. The lowest BCUT2D eigenvalue weighted by molar-refractivity contribution is 0.0172. The van der Waals surface area contributed by atoms with Gasteiger partial charge in [0.2, 0.25) is 0 Å². The van der Waals surface area contributed by atoms with Crippen molar-refractivity contribution in [1.29, 1.82) is 0 Å². The van der Waals surface area contributed by atoms with Crippen molar-refractivity contribution in [3.63, 3.8) is 0 Å². The second-order valence-electron chi connectivity index (χ2n) is 7.08. The normalized spacial score (nSPS) is 16.5. The molecule has 0 radical (unpaired) electrons. The molecule has 0 fully saturated rings. The van der Waals surface area contributed by atoms with Crippen LogP contribution < -0.4 is 0 Å². The Kier molecular flexibility index (Phi) is 6.02. The quantitative estimate of drug-likeness (QED) is 0.584. The highest BCUT2D eigenvalue weighted by molar-refractivity contribution is 6.31. The molecule has 1 N–H and O–H groups in total. The second-order valence-corrected chi connectivity index (χ2v) is 7.49. The molecule has 0 spiro atoms. The molecule has 3 rings (SSSR count). The standard InChI is InChI=1S/C21H24ClNO4/c1-12(2)26-8-9-27-21(25)20-13(3)19-17(23-20)10-14(11-18(19)24)15-6-4-5-7-16(15)22/h4-7,12,14,23H,8-11H2,1-3H3/t14-/m1/s1. The number of carbonyl (C=O) groups is 2. The molecule has 1 aromatic carbocycles. The number of ketones is 1. The molecule has 1 aromatic heterocycles. The van der Waals surface area contributed by atoms with E-state index in [4.69, 9.17) is 21.1 Å². The molecule has 2 aromatic rings. The van der Waals surface area contributed by atoms with Crippen LogP contribution in [-0.2, 0) is 15.9 Å². The van der Waals surface area contributed by atoms with E-state index in [0.29, 0.717) is 41.3 Å². The number of rotatable bonds is 6. The maximum atomic E-state index is 12.7. The van der Waals surface area contributed by atoms with Crippen LogP contribution in [0.5, 0.6) is 0 Å². The molecule has 0 unspecified atom stereocenters. The lowest BCUT2D eigenvalue weighted by atomic mass is 9.81. The smallest absolute Gasteiger partial charge is 0.355 e. The Morgan fingerprint density at radius 2 is 2.00 bits per heavy atom. The van der Waals surface area contributed by atoms with E-state index in [9.17, 15) is 9.59 Å². The van der Waals surface area contributed by atoms with E-state index < -0.39 is 5.97 Å². The topological polar surface area (TPSA) is 68.4 Å². The summed E-state index contributed by atoms with van der Waals surface area (Å²) in [5.41, 5.74) is 3.35. The van der Waals surface area contributed by atoms with Gasteiger partial charge in [0.05, 0.1) is 12.7 Å². The molecule has 5 nitrogen and oxygen atoms in total. The number of fused-ring (bicyclic) bond motifs is 1. The predicted octanol–water partition coefficient (Wildman–Crippen LogP) is 4.47. The Bertz CT molecular complexity index is 856. The molecule has 1 aliphatic carbocycles. The zero-order valence-corrected chi connectivity index (χ0v) is 16.6. The molecule has 0 amide bonds. The monoisotopic (exact) mass is 389 g/mol. The first-order chi connectivity index (χ1) is 12.9. The SMILES string of the molecule is Cc1c(C(=O)OCCOC(C)C)[nH]c2c1C(=O)C[C@H](c1ccccc1Cl)C2. The molecule has 0 saturated heterocycles. The number of hydrogen-bond acceptors (Lipinski definition) is 4. The van der Waals surface area contributed by atoms with E-state index in [1.165, 1.54) is 0 Å². The van der Waals surface area contributed by atoms with Crippen molar-refractivity contribution in [1.82, 2.24) is 4.98 Å². The van der Waals surface area contributed by atoms with Crippen molar-refractivity contribution in [2.75, 3.05) is 13.2 Å². The van der Waals surface area contributed by atoms with Crippen LogP contribution in [0.1, 0.15) is 63.9 Å². The Labute approximate surface area is 164 Å². The van der Waals surface area contributed by atoms with Crippen LogP contribution in [0.25, 0.3) is 0 Å². The maximum Gasteiger partial charge on any atom is 0.355 e. The van der Waals surface area contributed by atoms with Gasteiger partial charge in [0.15, 0.2) is 5.78 Å². The number of benzene rings is 1. The summed E-state index contributed by atoms with van der Waals surface area (Å²) in [6.45, 7) is 6.15. The van der Waals surface area contributed by atoms with Gasteiger partial charge >= 0.3 is 5.97 Å². The number of hydrogen-bond donors (Lipinski definition) is 1. The minimum atomic E-state index is -0.462. The number of H-pyrrole nitrogens is 1. The van der Waals surface area contributed by atoms with Gasteiger partial charge in [-0.25, -0.2) is 4.79 Å². The van der Waals surface area contributed by atoms with Gasteiger partial charge in [-0.1, -0.05) is 29.8 Å². The number of nitrogens with one attached hydrogen (secondary N) is 1. The highest BCUT2D eigenvalue weighted by Gasteiger charge is 2.32. The summed E-state index contributed by atoms with van der Waals surface area (Å²) in [7, 11) is 0. The van der Waals surface area contributed by atoms with Crippen molar-refractivity contribution in [2.24, 2.45) is 0 Å². The van der Waals surface area contributed by atoms with Crippen LogP contribution in [0.4, 0.5) is 0 Å². The number of halogens is 1. The third-order valence-corrected chi connectivity index (χ3v) is 5.15. The Morgan fingerprint density at radius 3 is 2.70 bits per heavy atom. The minimum absolute atomic E-state index is 0.0000576. The molecule has 1 aliphatic rings. The molecule has 0 saturated carbocycles. The van der Waals surface area contributed by atoms with E-state index in [1.807, 2.05) is 38.1 Å². The van der Waals surface area contributed by atoms with Crippen molar-refractivity contribution in [3.05, 3.63) is 57.4 Å². The van der Waals surface area contributed by atoms with Crippen molar-refractivity contribution in [2.45, 2.75) is 45.6 Å². The molecule has 1 atom stereocenters.